The summed E-state index contributed by atoms with van der Waals surface area (Å²) in [5, 5.41) is 5.10. The van der Waals surface area contributed by atoms with Crippen molar-refractivity contribution in [1.82, 2.24) is 19.5 Å². The van der Waals surface area contributed by atoms with Crippen LogP contribution in [-0.4, -0.2) is 27.9 Å². The summed E-state index contributed by atoms with van der Waals surface area (Å²) in [4.78, 5) is 12.4. The molecular formula is C18H11F4N5O2S2. The van der Waals surface area contributed by atoms with E-state index in [9.17, 15) is 26.0 Å². The number of sulfonamides is 1. The highest BCUT2D eigenvalue weighted by molar-refractivity contribution is 7.91. The second kappa shape index (κ2) is 7.51. The predicted octanol–water partition coefficient (Wildman–Crippen LogP) is 3.86. The number of benzene rings is 1. The number of alkyl halides is 3. The molecule has 3 aromatic heterocycles. The van der Waals surface area contributed by atoms with Gasteiger partial charge in [0, 0.05) is 18.0 Å². The van der Waals surface area contributed by atoms with Gasteiger partial charge >= 0.3 is 6.18 Å². The monoisotopic (exact) mass is 469 g/mol. The minimum Gasteiger partial charge on any atom is -0.274 e. The second-order valence-corrected chi connectivity index (χ2v) is 9.14. The maximum absolute atomic E-state index is 13.4. The van der Waals surface area contributed by atoms with Crippen LogP contribution in [0.1, 0.15) is 5.56 Å². The minimum atomic E-state index is -4.72. The summed E-state index contributed by atoms with van der Waals surface area (Å²) in [7, 11) is -3.87. The average Bonchev–Trinajstić information content (AvgIpc) is 3.37. The summed E-state index contributed by atoms with van der Waals surface area (Å²) in [5.74, 6) is -0.699. The van der Waals surface area contributed by atoms with Gasteiger partial charge in [0.2, 0.25) is 16.0 Å². The minimum absolute atomic E-state index is 0.0542. The van der Waals surface area contributed by atoms with E-state index in [1.165, 1.54) is 41.4 Å². The number of rotatable bonds is 4. The van der Waals surface area contributed by atoms with Gasteiger partial charge in [0.25, 0.3) is 0 Å². The Balaban J connectivity index is 1.76. The van der Waals surface area contributed by atoms with Crippen LogP contribution in [0.15, 0.2) is 59.3 Å². The van der Waals surface area contributed by atoms with Crippen LogP contribution in [0, 0.1) is 5.82 Å². The fourth-order valence-corrected chi connectivity index (χ4v) is 4.39. The first kappa shape index (κ1) is 21.1. The van der Waals surface area contributed by atoms with Gasteiger partial charge in [0.1, 0.15) is 21.9 Å². The molecule has 0 aliphatic rings. The molecule has 3 heterocycles. The van der Waals surface area contributed by atoms with Crippen molar-refractivity contribution in [2.24, 2.45) is 5.14 Å². The van der Waals surface area contributed by atoms with Gasteiger partial charge in [-0.15, -0.1) is 11.3 Å². The van der Waals surface area contributed by atoms with Crippen LogP contribution in [0.4, 0.5) is 17.6 Å². The molecule has 0 atom stereocenters. The topological polar surface area (TPSA) is 104 Å². The number of nitrogens with zero attached hydrogens (tertiary/aromatic N) is 4. The van der Waals surface area contributed by atoms with Gasteiger partial charge in [-0.05, 0) is 36.4 Å². The van der Waals surface area contributed by atoms with Gasteiger partial charge in [-0.25, -0.2) is 32.9 Å². The van der Waals surface area contributed by atoms with E-state index in [0.717, 1.165) is 23.5 Å². The molecule has 0 radical (unpaired) electrons. The van der Waals surface area contributed by atoms with Crippen LogP contribution in [-0.2, 0) is 16.2 Å². The van der Waals surface area contributed by atoms with E-state index < -0.39 is 33.3 Å². The van der Waals surface area contributed by atoms with E-state index in [-0.39, 0.29) is 15.7 Å². The Morgan fingerprint density at radius 1 is 1.03 bits per heavy atom. The zero-order chi connectivity index (χ0) is 22.4. The molecule has 0 saturated carbocycles. The summed E-state index contributed by atoms with van der Waals surface area (Å²) in [5.41, 5.74) is -1.07. The Kier molecular flexibility index (Phi) is 5.11. The quantitative estimate of drug-likeness (QED) is 0.457. The fraction of sp³-hybridized carbons (Fsp3) is 0.0556. The fourth-order valence-electron chi connectivity index (χ4n) is 2.70. The maximum atomic E-state index is 13.4. The third-order valence-electron chi connectivity index (χ3n) is 4.13. The number of primary sulfonamides is 1. The number of hydrogen-bond donors (Lipinski definition) is 1. The van der Waals surface area contributed by atoms with Gasteiger partial charge in [0.05, 0.1) is 16.3 Å². The highest BCUT2D eigenvalue weighted by Gasteiger charge is 2.35. The molecule has 7 nitrogen and oxygen atoms in total. The molecule has 13 heteroatoms. The molecule has 0 spiro atoms. The molecule has 0 unspecified atom stereocenters. The summed E-state index contributed by atoms with van der Waals surface area (Å²) in [6.07, 6.45) is -1.35. The van der Waals surface area contributed by atoms with E-state index in [4.69, 9.17) is 5.14 Å². The summed E-state index contributed by atoms with van der Waals surface area (Å²) < 4.78 is 77.6. The number of imidazole rings is 1. The zero-order valence-corrected chi connectivity index (χ0v) is 16.8. The number of hydrogen-bond acceptors (Lipinski definition) is 6. The van der Waals surface area contributed by atoms with Crippen molar-refractivity contribution in [3.63, 3.8) is 0 Å². The first-order chi connectivity index (χ1) is 14.5. The Bertz CT molecular complexity index is 1360. The van der Waals surface area contributed by atoms with Crippen molar-refractivity contribution in [3.8, 4) is 27.8 Å². The third-order valence-corrected chi connectivity index (χ3v) is 6.67. The highest BCUT2D eigenvalue weighted by atomic mass is 32.2. The third kappa shape index (κ3) is 4.33. The van der Waals surface area contributed by atoms with Crippen LogP contribution in [0.25, 0.3) is 27.8 Å². The molecule has 0 saturated heterocycles. The highest BCUT2D eigenvalue weighted by Crippen LogP contribution is 2.36. The molecule has 0 bridgehead atoms. The van der Waals surface area contributed by atoms with Crippen molar-refractivity contribution in [2.45, 2.75) is 10.4 Å². The zero-order valence-electron chi connectivity index (χ0n) is 15.2. The number of halogens is 4. The average molecular weight is 469 g/mol. The van der Waals surface area contributed by atoms with Gasteiger partial charge in [0.15, 0.2) is 0 Å². The molecule has 4 rings (SSSR count). The predicted molar refractivity (Wildman–Crippen MR) is 104 cm³/mol. The van der Waals surface area contributed by atoms with Gasteiger partial charge in [-0.1, -0.05) is 0 Å². The maximum Gasteiger partial charge on any atom is 0.419 e. The largest absolute Gasteiger partial charge is 0.419 e. The molecule has 0 aliphatic carbocycles. The van der Waals surface area contributed by atoms with Crippen molar-refractivity contribution in [1.29, 1.82) is 0 Å². The van der Waals surface area contributed by atoms with Crippen LogP contribution >= 0.6 is 11.3 Å². The lowest BCUT2D eigenvalue weighted by atomic mass is 10.1. The summed E-state index contributed by atoms with van der Waals surface area (Å²) in [6, 6.07) is 7.29. The number of aromatic nitrogens is 4. The van der Waals surface area contributed by atoms with Gasteiger partial charge in [-0.3, -0.25) is 4.57 Å². The van der Waals surface area contributed by atoms with Crippen LogP contribution in [0.3, 0.4) is 0 Å². The lowest BCUT2D eigenvalue weighted by molar-refractivity contribution is -0.137. The molecule has 2 N–H and O–H groups in total. The molecule has 4 aromatic rings. The van der Waals surface area contributed by atoms with Crippen LogP contribution < -0.4 is 5.14 Å². The Hall–Kier alpha value is -3.16. The van der Waals surface area contributed by atoms with E-state index >= 15 is 0 Å². The molecular weight excluding hydrogens is 458 g/mol. The first-order valence-corrected chi connectivity index (χ1v) is 10.8. The first-order valence-electron chi connectivity index (χ1n) is 8.40. The Morgan fingerprint density at radius 2 is 1.74 bits per heavy atom. The smallest absolute Gasteiger partial charge is 0.274 e. The SMILES string of the molecule is NS(=O)(=O)c1ccc(-c2cn(-c3ncc(C(F)(F)F)c(-c4ccc(F)cc4)n3)cn2)s1. The number of nitrogens with two attached hydrogens (primary N) is 1. The van der Waals surface area contributed by atoms with Crippen molar-refractivity contribution >= 4 is 21.4 Å². The Morgan fingerprint density at radius 3 is 2.35 bits per heavy atom. The Labute approximate surface area is 176 Å². The standard InChI is InChI=1S/C18H11F4N5O2S2/c19-11-3-1-10(2-4-11)16-12(18(20,21)22)7-24-17(26-16)27-8-13(25-9-27)14-5-6-15(30-14)31(23,28)29/h1-9H,(H2,23,28,29). The molecule has 31 heavy (non-hydrogen) atoms. The van der Waals surface area contributed by atoms with Gasteiger partial charge < -0.3 is 0 Å². The summed E-state index contributed by atoms with van der Waals surface area (Å²) >= 11 is 0.895. The van der Waals surface area contributed by atoms with Crippen molar-refractivity contribution in [3.05, 3.63) is 66.5 Å². The van der Waals surface area contributed by atoms with E-state index in [1.807, 2.05) is 0 Å². The molecule has 0 fully saturated rings. The van der Waals surface area contributed by atoms with Crippen molar-refractivity contribution < 1.29 is 26.0 Å². The normalized spacial score (nSPS) is 12.3. The molecule has 0 aliphatic heterocycles. The summed E-state index contributed by atoms with van der Waals surface area (Å²) in [6.45, 7) is 0. The molecule has 160 valence electrons. The second-order valence-electron chi connectivity index (χ2n) is 6.27. The molecule has 1 aromatic carbocycles. The van der Waals surface area contributed by atoms with E-state index in [2.05, 4.69) is 15.0 Å². The van der Waals surface area contributed by atoms with Crippen molar-refractivity contribution in [2.75, 3.05) is 0 Å². The lowest BCUT2D eigenvalue weighted by Gasteiger charge is -2.13. The number of thiophene rings is 1. The van der Waals surface area contributed by atoms with E-state index in [1.54, 1.807) is 0 Å². The van der Waals surface area contributed by atoms with Crippen LogP contribution in [0.2, 0.25) is 0 Å². The molecule has 0 amide bonds. The van der Waals surface area contributed by atoms with E-state index in [0.29, 0.717) is 16.8 Å². The lowest BCUT2D eigenvalue weighted by Crippen LogP contribution is -2.12. The van der Waals surface area contributed by atoms with Gasteiger partial charge in [-0.2, -0.15) is 13.2 Å². The van der Waals surface area contributed by atoms with Crippen LogP contribution in [0.5, 0.6) is 0 Å².